The Labute approximate surface area is 538 Å². The molecule has 0 aromatic heterocycles. The second-order valence-electron chi connectivity index (χ2n) is 30.7. The molecular weight excluding hydrogens is 1140 g/mol. The van der Waals surface area contributed by atoms with Crippen LogP contribution in [0.5, 0.6) is 0 Å². The maximum absolute atomic E-state index is 12.6. The predicted octanol–water partition coefficient (Wildman–Crippen LogP) is 15.5. The minimum Gasteiger partial charge on any atom is -0.466 e. The number of Topliss-reactive ketones (excluding diaryl/α,β-unsaturated/α-hetero) is 2. The molecule has 3 aliphatic heterocycles. The van der Waals surface area contributed by atoms with Gasteiger partial charge in [-0.25, -0.2) is 0 Å². The van der Waals surface area contributed by atoms with E-state index in [0.717, 1.165) is 71.0 Å². The van der Waals surface area contributed by atoms with Crippen molar-refractivity contribution in [1.82, 2.24) is 0 Å². The third-order valence-electron chi connectivity index (χ3n) is 24.5. The predicted molar refractivity (Wildman–Crippen MR) is 346 cm³/mol. The van der Waals surface area contributed by atoms with Gasteiger partial charge in [0.1, 0.15) is 11.6 Å². The second-order valence-corrected chi connectivity index (χ2v) is 30.7. The van der Waals surface area contributed by atoms with E-state index in [9.17, 15) is 19.2 Å². The lowest BCUT2D eigenvalue weighted by Crippen LogP contribution is -2.55. The number of ketones is 2. The van der Waals surface area contributed by atoms with Gasteiger partial charge in [-0.1, -0.05) is 163 Å². The Morgan fingerprint density at radius 2 is 0.725 bits per heavy atom. The van der Waals surface area contributed by atoms with Crippen LogP contribution in [-0.2, 0) is 57.1 Å². The van der Waals surface area contributed by atoms with Crippen LogP contribution in [0.3, 0.4) is 0 Å². The van der Waals surface area contributed by atoms with Crippen LogP contribution in [0.1, 0.15) is 241 Å². The van der Waals surface area contributed by atoms with Gasteiger partial charge in [0.25, 0.3) is 0 Å². The monoisotopic (exact) mass is 1230 g/mol. The van der Waals surface area contributed by atoms with Crippen molar-refractivity contribution >= 4 is 23.5 Å². The van der Waals surface area contributed by atoms with Gasteiger partial charge in [0.15, 0.2) is 17.4 Å². The van der Waals surface area contributed by atoms with Crippen LogP contribution in [0.4, 0.5) is 0 Å². The summed E-state index contributed by atoms with van der Waals surface area (Å²) in [5.74, 6) is 2.03. The van der Waals surface area contributed by atoms with Crippen LogP contribution < -0.4 is 0 Å². The number of hydrogen-bond acceptors (Lipinski definition) is 12. The molecule has 3 heterocycles. The largest absolute Gasteiger partial charge is 0.466 e. The first-order chi connectivity index (χ1) is 43.7. The normalized spacial score (nSPS) is 33.0. The number of carbonyl (C=O) groups is 4. The van der Waals surface area contributed by atoms with E-state index in [1.165, 1.54) is 62.1 Å². The molecule has 18 aliphatic rings. The first-order valence-corrected chi connectivity index (χ1v) is 34.3. The average Bonchev–Trinajstić information content (AvgIpc) is 1.66. The highest BCUT2D eigenvalue weighted by Gasteiger charge is 2.65. The molecule has 15 aliphatic carbocycles. The van der Waals surface area contributed by atoms with E-state index in [0.29, 0.717) is 91.1 Å². The van der Waals surface area contributed by atoms with Gasteiger partial charge in [0, 0.05) is 73.5 Å². The van der Waals surface area contributed by atoms with Crippen molar-refractivity contribution in [3.8, 4) is 0 Å². The van der Waals surface area contributed by atoms with E-state index < -0.39 is 17.0 Å². The van der Waals surface area contributed by atoms with Gasteiger partial charge in [-0.3, -0.25) is 19.2 Å². The van der Waals surface area contributed by atoms with Crippen LogP contribution in [-0.4, -0.2) is 93.7 Å². The number of fused-ring (bicyclic) bond motifs is 7. The van der Waals surface area contributed by atoms with E-state index >= 15 is 0 Å². The van der Waals surface area contributed by atoms with Crippen LogP contribution in [0.15, 0.2) is 121 Å². The highest BCUT2D eigenvalue weighted by molar-refractivity contribution is 5.91. The van der Waals surface area contributed by atoms with Gasteiger partial charge in [-0.15, -0.1) is 0 Å². The van der Waals surface area contributed by atoms with E-state index in [1.54, 1.807) is 0 Å². The molecule has 482 valence electrons. The molecule has 5 aromatic rings. The molecule has 91 heavy (non-hydrogen) atoms. The Balaban J connectivity index is 0.0000000999. The molecule has 12 atom stereocenters. The van der Waals surface area contributed by atoms with Crippen molar-refractivity contribution in [2.75, 3.05) is 52.9 Å². The first-order valence-electron chi connectivity index (χ1n) is 34.3. The molecule has 3 saturated heterocycles. The minimum atomic E-state index is -0.537. The van der Waals surface area contributed by atoms with Gasteiger partial charge >= 0.3 is 11.9 Å². The second kappa shape index (κ2) is 23.6. The SMILES string of the molecule is CC1(C)CC2C(=O)CC1c1ccccc12.CC1(C)CC2C(=O)CC1c1ccccc12.CC1(C)CC2c3ccccc3C1CC21OCCO1.CCOC(=O)C1(C)CC2c3ccccc3C1CC21OCCO1.CCOC(=O)C1CC2c3ccccc3C1CC21OCCO1. The molecule has 12 heteroatoms. The van der Waals surface area contributed by atoms with Gasteiger partial charge in [0.2, 0.25) is 0 Å². The van der Waals surface area contributed by atoms with E-state index in [4.69, 9.17) is 37.9 Å². The molecule has 5 aromatic carbocycles. The Morgan fingerprint density at radius 3 is 1.16 bits per heavy atom. The lowest BCUT2D eigenvalue weighted by molar-refractivity contribution is -0.221. The van der Waals surface area contributed by atoms with Crippen LogP contribution >= 0.6 is 0 Å². The Bertz CT molecular complexity index is 3510. The molecule has 0 N–H and O–H groups in total. The summed E-state index contributed by atoms with van der Waals surface area (Å²) in [5.41, 5.74) is 14.0. The molecule has 5 saturated carbocycles. The zero-order valence-electron chi connectivity index (χ0n) is 55.0. The summed E-state index contributed by atoms with van der Waals surface area (Å²) in [4.78, 5) is 48.7. The summed E-state index contributed by atoms with van der Waals surface area (Å²) in [6.07, 6.45) is 8.79. The quantitative estimate of drug-likeness (QED) is 0.158. The molecular formula is C79H94O12. The fourth-order valence-electron chi connectivity index (χ4n) is 20.0. The summed E-state index contributed by atoms with van der Waals surface area (Å²) < 4.78 is 46.8. The summed E-state index contributed by atoms with van der Waals surface area (Å²) in [7, 11) is 0. The summed E-state index contributed by atoms with van der Waals surface area (Å²) in [5, 5.41) is 0. The number of rotatable bonds is 4. The van der Waals surface area contributed by atoms with Crippen molar-refractivity contribution in [2.24, 2.45) is 27.6 Å². The first kappa shape index (κ1) is 62.6. The van der Waals surface area contributed by atoms with E-state index in [-0.39, 0.29) is 59.2 Å². The molecule has 8 fully saturated rings. The zero-order chi connectivity index (χ0) is 63.5. The third kappa shape index (κ3) is 10.4. The number of carbonyl (C=O) groups excluding carboxylic acids is 4. The van der Waals surface area contributed by atoms with E-state index in [2.05, 4.69) is 151 Å². The maximum atomic E-state index is 12.6. The third-order valence-corrected chi connectivity index (χ3v) is 24.5. The van der Waals surface area contributed by atoms with Crippen molar-refractivity contribution in [3.05, 3.63) is 177 Å². The van der Waals surface area contributed by atoms with Crippen LogP contribution in [0.25, 0.3) is 0 Å². The van der Waals surface area contributed by atoms with Crippen molar-refractivity contribution < 1.29 is 57.1 Å². The number of esters is 2. The standard InChI is InChI=1S/C18H22O4.C17H20O4.C16H20O2.2C14H16O/c1-3-20-16(19)17(2)10-15-13-7-5-4-6-12(13)14(17)11-18(15)21-8-9-22-18;1-2-19-16(18)13-9-15-12-6-4-3-5-11(12)14(13)10-17(15)20-7-8-21-17;1-15(2)9-14-12-6-4-3-5-11(12)13(15)10-16(14)17-7-8-18-16;2*1-14(2)8-11-9-5-3-4-6-10(9)12(14)7-13(11)15/h4-7,14-15H,3,8-11H2,1-2H3;3-6,13-15H,2,7-10H2,1H3;3-6,13-14H,7-10H2,1-2H3;2*3-6,11-12H,7-8H2,1-2H3. The molecule has 12 unspecified atom stereocenters. The van der Waals surface area contributed by atoms with Gasteiger partial charge in [0.05, 0.1) is 64.2 Å². The topological polar surface area (TPSA) is 142 Å². The Hall–Kier alpha value is -5.86. The van der Waals surface area contributed by atoms with Crippen molar-refractivity contribution in [3.63, 3.8) is 0 Å². The van der Waals surface area contributed by atoms with Gasteiger partial charge in [-0.05, 0) is 143 Å². The molecule has 10 bridgehead atoms. The molecule has 0 amide bonds. The Kier molecular flexibility index (Phi) is 16.2. The molecule has 0 radical (unpaired) electrons. The fourth-order valence-corrected chi connectivity index (χ4v) is 20.0. The zero-order valence-corrected chi connectivity index (χ0v) is 55.0. The Morgan fingerprint density at radius 1 is 0.385 bits per heavy atom. The summed E-state index contributed by atoms with van der Waals surface area (Å²) in [6.45, 7) is 24.7. The lowest BCUT2D eigenvalue weighted by Gasteiger charge is -2.56. The summed E-state index contributed by atoms with van der Waals surface area (Å²) >= 11 is 0. The number of ether oxygens (including phenoxy) is 8. The summed E-state index contributed by atoms with van der Waals surface area (Å²) in [6, 6.07) is 42.7. The van der Waals surface area contributed by atoms with Gasteiger partial charge < -0.3 is 37.9 Å². The highest BCUT2D eigenvalue weighted by Crippen LogP contribution is 2.67. The highest BCUT2D eigenvalue weighted by atomic mass is 16.7. The molecule has 12 nitrogen and oxygen atoms in total. The molecule has 3 spiro atoms. The molecule has 23 rings (SSSR count). The fraction of sp³-hybridized carbons (Fsp3) is 0.570. The van der Waals surface area contributed by atoms with Crippen LogP contribution in [0.2, 0.25) is 0 Å². The maximum Gasteiger partial charge on any atom is 0.312 e. The van der Waals surface area contributed by atoms with Crippen molar-refractivity contribution in [1.29, 1.82) is 0 Å². The minimum absolute atomic E-state index is 0.0664. The lowest BCUT2D eigenvalue weighted by atomic mass is 9.52. The van der Waals surface area contributed by atoms with Gasteiger partial charge in [-0.2, -0.15) is 0 Å². The number of hydrogen-bond donors (Lipinski definition) is 0. The number of benzene rings is 5. The smallest absolute Gasteiger partial charge is 0.312 e. The van der Waals surface area contributed by atoms with E-state index in [1.807, 2.05) is 32.9 Å². The van der Waals surface area contributed by atoms with Crippen molar-refractivity contribution in [2.45, 2.75) is 203 Å². The van der Waals surface area contributed by atoms with Crippen LogP contribution in [0, 0.1) is 27.6 Å². The average molecular weight is 1240 g/mol.